The summed E-state index contributed by atoms with van der Waals surface area (Å²) >= 11 is 0. The van der Waals surface area contributed by atoms with E-state index in [-0.39, 0.29) is 0 Å². The zero-order chi connectivity index (χ0) is 8.41. The van der Waals surface area contributed by atoms with Crippen LogP contribution in [0.2, 0.25) is 0 Å². The molecule has 0 radical (unpaired) electrons. The molecule has 0 heterocycles. The van der Waals surface area contributed by atoms with E-state index in [0.717, 1.165) is 12.5 Å². The van der Waals surface area contributed by atoms with E-state index >= 15 is 0 Å². The van der Waals surface area contributed by atoms with Gasteiger partial charge in [0.25, 0.3) is 0 Å². The van der Waals surface area contributed by atoms with Crippen LogP contribution in [0.3, 0.4) is 0 Å². The van der Waals surface area contributed by atoms with Crippen molar-refractivity contribution in [3.63, 3.8) is 0 Å². The summed E-state index contributed by atoms with van der Waals surface area (Å²) < 4.78 is 0. The highest BCUT2D eigenvalue weighted by molar-refractivity contribution is 5.78. The molecule has 0 aromatic carbocycles. The number of hydrogen-bond acceptors (Lipinski definition) is 1. The number of aliphatic carboxylic acids is 1. The molecular weight excluding hydrogens is 128 g/mol. The molecule has 2 heteroatoms. The van der Waals surface area contributed by atoms with Crippen LogP contribution in [-0.4, -0.2) is 11.1 Å². The lowest BCUT2D eigenvalue weighted by Gasteiger charge is -1.65. The maximum atomic E-state index is 9.25. The molecule has 0 saturated carbocycles. The molecule has 58 valence electrons. The van der Waals surface area contributed by atoms with Gasteiger partial charge in [0.05, 0.1) is 0 Å². The average Bonchev–Trinajstić information content (AvgIpc) is 1.91. The lowest BCUT2D eigenvalue weighted by Crippen LogP contribution is -1.82. The van der Waals surface area contributed by atoms with Crippen LogP contribution in [0, 0.1) is 0 Å². The van der Waals surface area contributed by atoms with Crippen LogP contribution < -0.4 is 0 Å². The van der Waals surface area contributed by atoms with Gasteiger partial charge in [-0.3, -0.25) is 0 Å². The molecule has 2 nitrogen and oxygen atoms in total. The minimum Gasteiger partial charge on any atom is -0.478 e. The van der Waals surface area contributed by atoms with Crippen molar-refractivity contribution < 1.29 is 9.90 Å². The molecule has 10 heavy (non-hydrogen) atoms. The Labute approximate surface area is 61.9 Å². The Bertz CT molecular complexity index is 114. The quantitative estimate of drug-likeness (QED) is 0.474. The Hall–Kier alpha value is -1.05. The molecule has 0 aliphatic heterocycles. The first-order valence-electron chi connectivity index (χ1n) is 3.15. The Kier molecular flexibility index (Phi) is 12.7. The van der Waals surface area contributed by atoms with E-state index in [1.54, 1.807) is 0 Å². The molecule has 0 rings (SSSR count). The smallest absolute Gasteiger partial charge is 0.327 e. The summed E-state index contributed by atoms with van der Waals surface area (Å²) in [6, 6.07) is 0. The molecule has 0 saturated heterocycles. The minimum atomic E-state index is -0.981. The zero-order valence-electron chi connectivity index (χ0n) is 6.50. The Balaban J connectivity index is 0. The van der Waals surface area contributed by atoms with Gasteiger partial charge in [0.1, 0.15) is 0 Å². The summed E-state index contributed by atoms with van der Waals surface area (Å²) in [5.41, 5.74) is 0. The minimum absolute atomic E-state index is 0.833. The zero-order valence-corrected chi connectivity index (χ0v) is 6.50. The molecule has 1 N–H and O–H groups in total. The van der Waals surface area contributed by atoms with E-state index in [1.165, 1.54) is 0 Å². The topological polar surface area (TPSA) is 37.3 Å². The molecule has 0 aliphatic rings. The van der Waals surface area contributed by atoms with Crippen LogP contribution in [0.15, 0.2) is 24.8 Å². The van der Waals surface area contributed by atoms with Crippen LogP contribution in [-0.2, 0) is 4.79 Å². The second-order valence-electron chi connectivity index (χ2n) is 1.52. The van der Waals surface area contributed by atoms with Crippen LogP contribution >= 0.6 is 0 Å². The molecule has 0 aromatic rings. The fourth-order valence-corrected chi connectivity index (χ4v) is 0.236. The summed E-state index contributed by atoms with van der Waals surface area (Å²) in [6.07, 6.45) is 6.18. The first kappa shape index (κ1) is 11.7. The Morgan fingerprint density at radius 2 is 2.10 bits per heavy atom. The van der Waals surface area contributed by atoms with Crippen molar-refractivity contribution in [2.24, 2.45) is 0 Å². The van der Waals surface area contributed by atoms with E-state index in [9.17, 15) is 4.79 Å². The molecular formula is C8H14O2. The van der Waals surface area contributed by atoms with Crippen molar-refractivity contribution >= 4 is 5.97 Å². The second kappa shape index (κ2) is 10.8. The van der Waals surface area contributed by atoms with E-state index < -0.39 is 5.97 Å². The summed E-state index contributed by atoms with van der Waals surface area (Å²) in [5.74, 6) is -0.981. The van der Waals surface area contributed by atoms with Gasteiger partial charge in [-0.15, -0.1) is 0 Å². The van der Waals surface area contributed by atoms with Crippen LogP contribution in [0.1, 0.15) is 20.3 Å². The van der Waals surface area contributed by atoms with Gasteiger partial charge in [0.2, 0.25) is 0 Å². The van der Waals surface area contributed by atoms with Crippen molar-refractivity contribution in [2.75, 3.05) is 0 Å². The lowest BCUT2D eigenvalue weighted by molar-refractivity contribution is -0.131. The highest BCUT2D eigenvalue weighted by Gasteiger charge is 1.73. The Morgan fingerprint density at radius 3 is 2.10 bits per heavy atom. The third-order valence-corrected chi connectivity index (χ3v) is 0.646. The molecule has 0 atom stereocenters. The first-order chi connectivity index (χ1) is 4.68. The maximum Gasteiger partial charge on any atom is 0.327 e. The fraction of sp³-hybridized carbons (Fsp3) is 0.375. The third-order valence-electron chi connectivity index (χ3n) is 0.646. The summed E-state index contributed by atoms with van der Waals surface area (Å²) in [5, 5.41) is 7.60. The van der Waals surface area contributed by atoms with Crippen LogP contribution in [0.5, 0.6) is 0 Å². The predicted octanol–water partition coefficient (Wildman–Crippen LogP) is 2.23. The van der Waals surface area contributed by atoms with Gasteiger partial charge in [-0.1, -0.05) is 25.7 Å². The summed E-state index contributed by atoms with van der Waals surface area (Å²) in [7, 11) is 0. The number of hydrogen-bond donors (Lipinski definition) is 1. The van der Waals surface area contributed by atoms with E-state index in [2.05, 4.69) is 25.7 Å². The monoisotopic (exact) mass is 142 g/mol. The van der Waals surface area contributed by atoms with Gasteiger partial charge in [0.15, 0.2) is 0 Å². The second-order valence-corrected chi connectivity index (χ2v) is 1.52. The number of carbonyl (C=O) groups is 1. The molecule has 0 aromatic heterocycles. The number of carboxylic acids is 1. The highest BCUT2D eigenvalue weighted by atomic mass is 16.4. The van der Waals surface area contributed by atoms with Crippen LogP contribution in [0.25, 0.3) is 0 Å². The SMILES string of the molecule is C/C=C/CC.C=CC(=O)O. The summed E-state index contributed by atoms with van der Waals surface area (Å²) in [4.78, 5) is 9.25. The van der Waals surface area contributed by atoms with Crippen molar-refractivity contribution in [2.45, 2.75) is 20.3 Å². The molecule has 0 amide bonds. The standard InChI is InChI=1S/C5H10.C3H4O2/c1-3-5-4-2;1-2-3(4)5/h3,5H,4H2,1-2H3;2H,1H2,(H,4,5)/b5-3+;. The fourth-order valence-electron chi connectivity index (χ4n) is 0.236. The van der Waals surface area contributed by atoms with Crippen molar-refractivity contribution in [3.05, 3.63) is 24.8 Å². The van der Waals surface area contributed by atoms with Crippen molar-refractivity contribution in [3.8, 4) is 0 Å². The van der Waals surface area contributed by atoms with Gasteiger partial charge in [-0.2, -0.15) is 0 Å². The normalized spacial score (nSPS) is 8.20. The van der Waals surface area contributed by atoms with E-state index in [4.69, 9.17) is 5.11 Å². The number of carboxylic acid groups (broad SMARTS) is 1. The Morgan fingerprint density at radius 1 is 1.70 bits per heavy atom. The van der Waals surface area contributed by atoms with Gasteiger partial charge in [-0.25, -0.2) is 4.79 Å². The molecule has 0 fully saturated rings. The lowest BCUT2D eigenvalue weighted by atomic mass is 10.4. The maximum absolute atomic E-state index is 9.25. The van der Waals surface area contributed by atoms with Crippen molar-refractivity contribution in [1.29, 1.82) is 0 Å². The van der Waals surface area contributed by atoms with Gasteiger partial charge < -0.3 is 5.11 Å². The van der Waals surface area contributed by atoms with Crippen LogP contribution in [0.4, 0.5) is 0 Å². The van der Waals surface area contributed by atoms with Crippen molar-refractivity contribution in [1.82, 2.24) is 0 Å². The predicted molar refractivity (Wildman–Crippen MR) is 42.9 cm³/mol. The largest absolute Gasteiger partial charge is 0.478 e. The highest BCUT2D eigenvalue weighted by Crippen LogP contribution is 1.73. The van der Waals surface area contributed by atoms with E-state index in [0.29, 0.717) is 0 Å². The van der Waals surface area contributed by atoms with Gasteiger partial charge in [0, 0.05) is 6.08 Å². The van der Waals surface area contributed by atoms with E-state index in [1.807, 2.05) is 6.92 Å². The first-order valence-corrected chi connectivity index (χ1v) is 3.15. The number of allylic oxidation sites excluding steroid dienone is 2. The average molecular weight is 142 g/mol. The molecule has 0 aliphatic carbocycles. The third kappa shape index (κ3) is 28.3. The van der Waals surface area contributed by atoms with Gasteiger partial charge >= 0.3 is 5.97 Å². The number of rotatable bonds is 2. The summed E-state index contributed by atoms with van der Waals surface area (Å²) in [6.45, 7) is 7.12. The molecule has 0 bridgehead atoms. The van der Waals surface area contributed by atoms with Gasteiger partial charge in [-0.05, 0) is 13.3 Å². The molecule has 0 spiro atoms. The molecule has 0 unspecified atom stereocenters.